The minimum atomic E-state index is 0.0852. The summed E-state index contributed by atoms with van der Waals surface area (Å²) in [5.74, 6) is 0.891. The Morgan fingerprint density at radius 2 is 2.29 bits per heavy atom. The van der Waals surface area contributed by atoms with Crippen LogP contribution in [-0.2, 0) is 4.79 Å². The van der Waals surface area contributed by atoms with E-state index in [1.54, 1.807) is 13.1 Å². The largest absolute Gasteiger partial charge is 0.365 e. The lowest BCUT2D eigenvalue weighted by atomic mass is 9.96. The number of allylic oxidation sites excluding steroid dienone is 5. The van der Waals surface area contributed by atoms with Crippen molar-refractivity contribution in [3.63, 3.8) is 0 Å². The second-order valence-electron chi connectivity index (χ2n) is 7.45. The van der Waals surface area contributed by atoms with Gasteiger partial charge in [0.15, 0.2) is 5.78 Å². The fourth-order valence-corrected chi connectivity index (χ4v) is 3.92. The average molecular weight is 377 g/mol. The Morgan fingerprint density at radius 1 is 1.39 bits per heavy atom. The highest BCUT2D eigenvalue weighted by Crippen LogP contribution is 2.36. The van der Waals surface area contributed by atoms with Crippen LogP contribution in [0.15, 0.2) is 53.7 Å². The molecule has 3 aliphatic heterocycles. The maximum Gasteiger partial charge on any atom is 0.159 e. The van der Waals surface area contributed by atoms with Crippen LogP contribution < -0.4 is 10.6 Å². The first kappa shape index (κ1) is 18.6. The van der Waals surface area contributed by atoms with Crippen molar-refractivity contribution in [2.24, 2.45) is 0 Å². The smallest absolute Gasteiger partial charge is 0.159 e. The summed E-state index contributed by atoms with van der Waals surface area (Å²) in [6, 6.07) is 0.386. The van der Waals surface area contributed by atoms with Gasteiger partial charge < -0.3 is 15.5 Å². The molecule has 0 bridgehead atoms. The fourth-order valence-electron chi connectivity index (χ4n) is 3.92. The van der Waals surface area contributed by atoms with Crippen LogP contribution in [0, 0.1) is 0 Å². The SMILES string of the molecule is CCC1=C2C=C(C(C)=O)C=CN2C(c2cncc(NC3CCCNC3)n2)=CC1. The third-order valence-electron chi connectivity index (χ3n) is 5.50. The molecule has 6 heteroatoms. The maximum absolute atomic E-state index is 11.8. The molecule has 0 saturated carbocycles. The van der Waals surface area contributed by atoms with Crippen LogP contribution >= 0.6 is 0 Å². The number of carbonyl (C=O) groups excluding carboxylic acids is 1. The minimum Gasteiger partial charge on any atom is -0.365 e. The maximum atomic E-state index is 11.8. The van der Waals surface area contributed by atoms with Crippen molar-refractivity contribution in [2.75, 3.05) is 18.4 Å². The molecule has 0 amide bonds. The fraction of sp³-hybridized carbons (Fsp3) is 0.409. The van der Waals surface area contributed by atoms with Crippen LogP contribution in [-0.4, -0.2) is 39.8 Å². The van der Waals surface area contributed by atoms with E-state index in [0.717, 1.165) is 60.8 Å². The van der Waals surface area contributed by atoms with E-state index >= 15 is 0 Å². The first-order valence-electron chi connectivity index (χ1n) is 10.1. The zero-order valence-corrected chi connectivity index (χ0v) is 16.5. The van der Waals surface area contributed by atoms with E-state index in [9.17, 15) is 4.79 Å². The lowest BCUT2D eigenvalue weighted by Gasteiger charge is -2.33. The number of nitrogens with one attached hydrogen (secondary N) is 2. The van der Waals surface area contributed by atoms with E-state index in [0.29, 0.717) is 6.04 Å². The van der Waals surface area contributed by atoms with Gasteiger partial charge in [-0.1, -0.05) is 13.0 Å². The molecular formula is C22H27N5O. The molecule has 1 fully saturated rings. The summed E-state index contributed by atoms with van der Waals surface area (Å²) in [5.41, 5.74) is 5.00. The molecule has 4 heterocycles. The van der Waals surface area contributed by atoms with Crippen LogP contribution in [0.25, 0.3) is 5.70 Å². The molecule has 146 valence electrons. The Kier molecular flexibility index (Phi) is 5.39. The van der Waals surface area contributed by atoms with Crippen LogP contribution in [0.1, 0.15) is 45.2 Å². The van der Waals surface area contributed by atoms with Gasteiger partial charge in [0, 0.05) is 30.1 Å². The molecule has 28 heavy (non-hydrogen) atoms. The van der Waals surface area contributed by atoms with Gasteiger partial charge in [0.25, 0.3) is 0 Å². The molecule has 6 nitrogen and oxygen atoms in total. The van der Waals surface area contributed by atoms with E-state index in [1.807, 2.05) is 24.5 Å². The normalized spacial score (nSPS) is 21.8. The summed E-state index contributed by atoms with van der Waals surface area (Å²) in [4.78, 5) is 23.2. The number of carbonyl (C=O) groups is 1. The standard InChI is InChI=1S/C22H27N5O/c1-3-16-6-7-20(27-10-8-17(15(2)28)11-21(16)27)19-13-24-14-22(26-19)25-18-5-4-9-23-12-18/h7-8,10-11,13-14,18,23H,3-6,9,12H2,1-2H3,(H,25,26). The number of nitrogens with zero attached hydrogens (tertiary/aromatic N) is 3. The Balaban J connectivity index is 1.60. The Morgan fingerprint density at radius 3 is 3.04 bits per heavy atom. The predicted molar refractivity (Wildman–Crippen MR) is 111 cm³/mol. The van der Waals surface area contributed by atoms with Crippen molar-refractivity contribution >= 4 is 17.3 Å². The van der Waals surface area contributed by atoms with Gasteiger partial charge >= 0.3 is 0 Å². The van der Waals surface area contributed by atoms with Gasteiger partial charge in [-0.15, -0.1) is 0 Å². The van der Waals surface area contributed by atoms with Gasteiger partial charge in [0.2, 0.25) is 0 Å². The Bertz CT molecular complexity index is 890. The van der Waals surface area contributed by atoms with Gasteiger partial charge in [-0.25, -0.2) is 4.98 Å². The number of rotatable bonds is 5. The molecule has 3 aliphatic rings. The second kappa shape index (κ2) is 8.10. The topological polar surface area (TPSA) is 70.2 Å². The average Bonchev–Trinajstić information content (AvgIpc) is 2.73. The first-order valence-corrected chi connectivity index (χ1v) is 10.1. The molecule has 0 radical (unpaired) electrons. The summed E-state index contributed by atoms with van der Waals surface area (Å²) >= 11 is 0. The van der Waals surface area contributed by atoms with Crippen molar-refractivity contribution in [3.8, 4) is 0 Å². The number of hydrogen-bond donors (Lipinski definition) is 2. The molecule has 1 unspecified atom stereocenters. The number of Topliss-reactive ketones (excluding diaryl/α,β-unsaturated/α-hetero) is 1. The van der Waals surface area contributed by atoms with Crippen molar-refractivity contribution in [1.82, 2.24) is 20.2 Å². The number of fused-ring (bicyclic) bond motifs is 1. The molecule has 1 atom stereocenters. The van der Waals surface area contributed by atoms with Crippen molar-refractivity contribution in [1.29, 1.82) is 0 Å². The van der Waals surface area contributed by atoms with Gasteiger partial charge in [-0.2, -0.15) is 0 Å². The summed E-state index contributed by atoms with van der Waals surface area (Å²) in [7, 11) is 0. The number of ketones is 1. The number of piperidine rings is 1. The van der Waals surface area contributed by atoms with E-state index in [2.05, 4.69) is 33.5 Å². The van der Waals surface area contributed by atoms with Crippen LogP contribution in [0.2, 0.25) is 0 Å². The zero-order valence-electron chi connectivity index (χ0n) is 16.5. The van der Waals surface area contributed by atoms with Crippen LogP contribution in [0.3, 0.4) is 0 Å². The second-order valence-corrected chi connectivity index (χ2v) is 7.45. The number of hydrogen-bond acceptors (Lipinski definition) is 6. The number of anilines is 1. The van der Waals surface area contributed by atoms with E-state index in [-0.39, 0.29) is 5.78 Å². The first-order chi connectivity index (χ1) is 13.7. The third kappa shape index (κ3) is 3.78. The van der Waals surface area contributed by atoms with Gasteiger partial charge in [0.05, 0.1) is 18.1 Å². The zero-order chi connectivity index (χ0) is 19.5. The van der Waals surface area contributed by atoms with Crippen LogP contribution in [0.5, 0.6) is 0 Å². The van der Waals surface area contributed by atoms with E-state index in [1.165, 1.54) is 12.0 Å². The molecule has 1 aromatic rings. The molecule has 1 aromatic heterocycles. The van der Waals surface area contributed by atoms with Gasteiger partial charge in [-0.3, -0.25) is 9.78 Å². The van der Waals surface area contributed by atoms with E-state index in [4.69, 9.17) is 4.98 Å². The lowest BCUT2D eigenvalue weighted by Crippen LogP contribution is -2.38. The Hall–Kier alpha value is -2.73. The van der Waals surface area contributed by atoms with E-state index < -0.39 is 0 Å². The Labute approximate surface area is 166 Å². The molecule has 4 rings (SSSR count). The van der Waals surface area contributed by atoms with Crippen molar-refractivity contribution in [3.05, 3.63) is 59.4 Å². The minimum absolute atomic E-state index is 0.0852. The molecule has 0 aromatic carbocycles. The summed E-state index contributed by atoms with van der Waals surface area (Å²) in [6.45, 7) is 5.80. The highest BCUT2D eigenvalue weighted by molar-refractivity contribution is 5.97. The molecule has 1 saturated heterocycles. The lowest BCUT2D eigenvalue weighted by molar-refractivity contribution is -0.113. The van der Waals surface area contributed by atoms with Crippen molar-refractivity contribution < 1.29 is 4.79 Å². The highest BCUT2D eigenvalue weighted by Gasteiger charge is 2.25. The predicted octanol–water partition coefficient (Wildman–Crippen LogP) is 3.39. The monoisotopic (exact) mass is 377 g/mol. The van der Waals surface area contributed by atoms with Gasteiger partial charge in [-0.05, 0) is 56.9 Å². The number of aromatic nitrogens is 2. The highest BCUT2D eigenvalue weighted by atomic mass is 16.1. The molecule has 0 aliphatic carbocycles. The van der Waals surface area contributed by atoms with Crippen LogP contribution in [0.4, 0.5) is 5.82 Å². The van der Waals surface area contributed by atoms with Crippen molar-refractivity contribution in [2.45, 2.75) is 45.6 Å². The quantitative estimate of drug-likeness (QED) is 0.820. The molecular weight excluding hydrogens is 350 g/mol. The molecule has 0 spiro atoms. The van der Waals surface area contributed by atoms with Gasteiger partial charge in [0.1, 0.15) is 11.5 Å². The summed E-state index contributed by atoms with van der Waals surface area (Å²) < 4.78 is 0. The third-order valence-corrected chi connectivity index (χ3v) is 5.50. The molecule has 2 N–H and O–H groups in total. The summed E-state index contributed by atoms with van der Waals surface area (Å²) in [6.07, 6.45) is 15.8. The summed E-state index contributed by atoms with van der Waals surface area (Å²) in [5, 5.41) is 6.92.